The van der Waals surface area contributed by atoms with Crippen LogP contribution in [0.2, 0.25) is 0 Å². The summed E-state index contributed by atoms with van der Waals surface area (Å²) in [6.07, 6.45) is 0.677. The van der Waals surface area contributed by atoms with Crippen molar-refractivity contribution in [3.8, 4) is 11.1 Å². The highest BCUT2D eigenvalue weighted by Crippen LogP contribution is 2.50. The van der Waals surface area contributed by atoms with Crippen LogP contribution < -0.4 is 4.90 Å². The Balaban J connectivity index is 1.64. The van der Waals surface area contributed by atoms with Gasteiger partial charge in [-0.2, -0.15) is 0 Å². The molecule has 0 aliphatic heterocycles. The molecule has 5 rings (SSSR count). The molecule has 1 aliphatic carbocycles. The highest BCUT2D eigenvalue weighted by molar-refractivity contribution is 5.85. The van der Waals surface area contributed by atoms with E-state index in [1.54, 1.807) is 0 Å². The van der Waals surface area contributed by atoms with Crippen molar-refractivity contribution in [2.45, 2.75) is 25.7 Å². The molecule has 2 nitrogen and oxygen atoms in total. The molecule has 0 radical (unpaired) electrons. The van der Waals surface area contributed by atoms with E-state index < -0.39 is 0 Å². The molecule has 0 heterocycles. The molecule has 0 aromatic heterocycles. The summed E-state index contributed by atoms with van der Waals surface area (Å²) in [5.74, 6) is 0. The molecule has 1 N–H and O–H groups in total. The number of aliphatic hydroxyl groups excluding tert-OH is 1. The molecule has 0 saturated heterocycles. The van der Waals surface area contributed by atoms with Crippen molar-refractivity contribution in [2.75, 3.05) is 11.5 Å². The molecule has 4 aromatic rings. The lowest BCUT2D eigenvalue weighted by molar-refractivity contribution is 0.299. The van der Waals surface area contributed by atoms with Gasteiger partial charge in [-0.15, -0.1) is 0 Å². The van der Waals surface area contributed by atoms with Gasteiger partial charge >= 0.3 is 0 Å². The number of anilines is 3. The first-order valence-corrected chi connectivity index (χ1v) is 10.9. The van der Waals surface area contributed by atoms with Crippen molar-refractivity contribution in [2.24, 2.45) is 0 Å². The van der Waals surface area contributed by atoms with E-state index in [-0.39, 0.29) is 12.0 Å². The predicted octanol–water partition coefficient (Wildman–Crippen LogP) is 7.00. The third kappa shape index (κ3) is 3.34. The summed E-state index contributed by atoms with van der Waals surface area (Å²) < 4.78 is 0. The number of para-hydroxylation sites is 1. The van der Waals surface area contributed by atoms with Crippen LogP contribution in [0.1, 0.15) is 30.5 Å². The number of benzene rings is 4. The predicted molar refractivity (Wildman–Crippen MR) is 129 cm³/mol. The Kier molecular flexibility index (Phi) is 4.88. The lowest BCUT2D eigenvalue weighted by atomic mass is 9.82. The normalized spacial score (nSPS) is 13.5. The molecule has 2 heteroatoms. The number of rotatable bonds is 5. The van der Waals surface area contributed by atoms with Crippen LogP contribution in [-0.4, -0.2) is 11.7 Å². The van der Waals surface area contributed by atoms with Gasteiger partial charge in [0.1, 0.15) is 0 Å². The van der Waals surface area contributed by atoms with E-state index >= 15 is 0 Å². The zero-order valence-corrected chi connectivity index (χ0v) is 18.0. The standard InChI is InChI=1S/C29H27NO/c1-29(2)27-11-7-6-10-25(27)26-17-16-24(20-28(26)29)30(22-8-4-3-5-9-22)23-14-12-21(13-15-23)18-19-31/h3-17,20,31H,18-19H2,1-2H3. The van der Waals surface area contributed by atoms with Crippen LogP contribution in [0.15, 0.2) is 97.1 Å². The molecule has 0 amide bonds. The molecule has 0 saturated carbocycles. The van der Waals surface area contributed by atoms with E-state index in [4.69, 9.17) is 0 Å². The Morgan fingerprint density at radius 2 is 1.26 bits per heavy atom. The van der Waals surface area contributed by atoms with Gasteiger partial charge in [0.05, 0.1) is 0 Å². The van der Waals surface area contributed by atoms with Crippen molar-refractivity contribution in [1.29, 1.82) is 0 Å². The second kappa shape index (κ2) is 7.72. The summed E-state index contributed by atoms with van der Waals surface area (Å²) in [7, 11) is 0. The average Bonchev–Trinajstić information content (AvgIpc) is 3.03. The number of nitrogens with zero attached hydrogens (tertiary/aromatic N) is 1. The molecular formula is C29H27NO. The van der Waals surface area contributed by atoms with Gasteiger partial charge in [-0.05, 0) is 70.6 Å². The summed E-state index contributed by atoms with van der Waals surface area (Å²) in [4.78, 5) is 2.31. The first kappa shape index (κ1) is 19.6. The van der Waals surface area contributed by atoms with E-state index in [2.05, 4.69) is 116 Å². The molecule has 1 aliphatic rings. The molecule has 31 heavy (non-hydrogen) atoms. The van der Waals surface area contributed by atoms with Crippen LogP contribution in [0.4, 0.5) is 17.1 Å². The van der Waals surface area contributed by atoms with Crippen LogP contribution in [0, 0.1) is 0 Å². The van der Waals surface area contributed by atoms with Gasteiger partial charge in [0, 0.05) is 29.1 Å². The lowest BCUT2D eigenvalue weighted by Crippen LogP contribution is -2.16. The zero-order chi connectivity index (χ0) is 21.4. The fourth-order valence-electron chi connectivity index (χ4n) is 4.80. The first-order valence-electron chi connectivity index (χ1n) is 10.9. The Morgan fingerprint density at radius 1 is 0.645 bits per heavy atom. The van der Waals surface area contributed by atoms with E-state index in [9.17, 15) is 5.11 Å². The number of aliphatic hydroxyl groups is 1. The summed E-state index contributed by atoms with van der Waals surface area (Å²) in [5.41, 5.74) is 9.93. The van der Waals surface area contributed by atoms with Crippen LogP contribution in [-0.2, 0) is 11.8 Å². The zero-order valence-electron chi connectivity index (χ0n) is 18.0. The molecular weight excluding hydrogens is 378 g/mol. The minimum Gasteiger partial charge on any atom is -0.396 e. The maximum Gasteiger partial charge on any atom is 0.0471 e. The Labute approximate surface area is 184 Å². The van der Waals surface area contributed by atoms with Crippen molar-refractivity contribution in [3.63, 3.8) is 0 Å². The first-order chi connectivity index (χ1) is 15.1. The van der Waals surface area contributed by atoms with Crippen molar-refractivity contribution in [3.05, 3.63) is 114 Å². The summed E-state index contributed by atoms with van der Waals surface area (Å²) in [5, 5.41) is 9.26. The molecule has 154 valence electrons. The van der Waals surface area contributed by atoms with Gasteiger partial charge in [-0.25, -0.2) is 0 Å². The number of fused-ring (bicyclic) bond motifs is 3. The Morgan fingerprint density at radius 3 is 2.00 bits per heavy atom. The molecule has 0 fully saturated rings. The van der Waals surface area contributed by atoms with Gasteiger partial charge in [-0.3, -0.25) is 0 Å². The summed E-state index contributed by atoms with van der Waals surface area (Å²) >= 11 is 0. The maximum absolute atomic E-state index is 9.26. The van der Waals surface area contributed by atoms with Gasteiger partial charge in [0.2, 0.25) is 0 Å². The van der Waals surface area contributed by atoms with Gasteiger partial charge < -0.3 is 10.0 Å². The monoisotopic (exact) mass is 405 g/mol. The minimum absolute atomic E-state index is 0.0325. The third-order valence-electron chi connectivity index (χ3n) is 6.43. The van der Waals surface area contributed by atoms with Crippen LogP contribution >= 0.6 is 0 Å². The van der Waals surface area contributed by atoms with Gasteiger partial charge in [0.25, 0.3) is 0 Å². The lowest BCUT2D eigenvalue weighted by Gasteiger charge is -2.28. The van der Waals surface area contributed by atoms with Crippen LogP contribution in [0.25, 0.3) is 11.1 Å². The molecule has 0 bridgehead atoms. The smallest absolute Gasteiger partial charge is 0.0471 e. The highest BCUT2D eigenvalue weighted by atomic mass is 16.2. The van der Waals surface area contributed by atoms with Crippen LogP contribution in [0.5, 0.6) is 0 Å². The summed E-state index contributed by atoms with van der Waals surface area (Å²) in [6, 6.07) is 34.6. The number of hydrogen-bond donors (Lipinski definition) is 1. The highest BCUT2D eigenvalue weighted by Gasteiger charge is 2.35. The van der Waals surface area contributed by atoms with E-state index in [0.29, 0.717) is 6.42 Å². The van der Waals surface area contributed by atoms with Crippen molar-refractivity contribution in [1.82, 2.24) is 0 Å². The summed E-state index contributed by atoms with van der Waals surface area (Å²) in [6.45, 7) is 4.80. The molecule has 0 atom stereocenters. The minimum atomic E-state index is -0.0325. The largest absolute Gasteiger partial charge is 0.396 e. The van der Waals surface area contributed by atoms with Gasteiger partial charge in [-0.1, -0.05) is 74.5 Å². The maximum atomic E-state index is 9.26. The quantitative estimate of drug-likeness (QED) is 0.386. The average molecular weight is 406 g/mol. The van der Waals surface area contributed by atoms with Crippen molar-refractivity contribution < 1.29 is 5.11 Å². The second-order valence-electron chi connectivity index (χ2n) is 8.71. The molecule has 0 spiro atoms. The fourth-order valence-corrected chi connectivity index (χ4v) is 4.80. The van der Waals surface area contributed by atoms with E-state index in [1.807, 2.05) is 0 Å². The molecule has 0 unspecified atom stereocenters. The molecule has 4 aromatic carbocycles. The Bertz CT molecular complexity index is 1210. The fraction of sp³-hybridized carbons (Fsp3) is 0.172. The topological polar surface area (TPSA) is 23.5 Å². The van der Waals surface area contributed by atoms with Crippen molar-refractivity contribution >= 4 is 17.1 Å². The van der Waals surface area contributed by atoms with Gasteiger partial charge in [0.15, 0.2) is 0 Å². The van der Waals surface area contributed by atoms with Crippen LogP contribution in [0.3, 0.4) is 0 Å². The van der Waals surface area contributed by atoms with E-state index in [1.165, 1.54) is 22.3 Å². The second-order valence-corrected chi connectivity index (χ2v) is 8.71. The van der Waals surface area contributed by atoms with E-state index in [0.717, 1.165) is 22.6 Å². The Hall–Kier alpha value is -3.36. The number of hydrogen-bond acceptors (Lipinski definition) is 2. The SMILES string of the molecule is CC1(C)c2ccccc2-c2ccc(N(c3ccccc3)c3ccc(CCO)cc3)cc21. The third-order valence-corrected chi connectivity index (χ3v) is 6.43.